The van der Waals surface area contributed by atoms with E-state index in [0.29, 0.717) is 0 Å². The van der Waals surface area contributed by atoms with E-state index in [2.05, 4.69) is 11.2 Å². The molecule has 0 aromatic rings. The van der Waals surface area contributed by atoms with Gasteiger partial charge in [-0.05, 0) is 5.92 Å². The van der Waals surface area contributed by atoms with Crippen molar-refractivity contribution in [3.05, 3.63) is 0 Å². The molecular formula is C10H16N2O3. The summed E-state index contributed by atoms with van der Waals surface area (Å²) in [7, 11) is 0. The Balaban J connectivity index is 4.37. The van der Waals surface area contributed by atoms with Gasteiger partial charge in [0.05, 0.1) is 6.04 Å². The molecule has 0 fully saturated rings. The maximum atomic E-state index is 11.4. The van der Waals surface area contributed by atoms with Gasteiger partial charge in [-0.3, -0.25) is 4.79 Å². The standard InChI is InChI=1S/C10H16N2O3/c1-4-5-7(11)9(13)12-8(6(2)3)10(14)15/h1,6-8H,5,11H2,2-3H3,(H,12,13)(H,14,15)/t7?,8-/m1/s1. The molecule has 2 atom stereocenters. The molecule has 0 spiro atoms. The molecule has 1 unspecified atom stereocenters. The molecule has 0 aromatic carbocycles. The van der Waals surface area contributed by atoms with E-state index < -0.39 is 24.0 Å². The minimum atomic E-state index is -1.08. The molecule has 1 amide bonds. The lowest BCUT2D eigenvalue weighted by molar-refractivity contribution is -0.143. The Morgan fingerprint density at radius 2 is 2.07 bits per heavy atom. The first kappa shape index (κ1) is 13.5. The summed E-state index contributed by atoms with van der Waals surface area (Å²) in [6.07, 6.45) is 5.08. The summed E-state index contributed by atoms with van der Waals surface area (Å²) in [5.74, 6) is 0.432. The minimum absolute atomic E-state index is 0.0935. The highest BCUT2D eigenvalue weighted by Gasteiger charge is 2.25. The molecule has 0 aliphatic heterocycles. The summed E-state index contributed by atoms with van der Waals surface area (Å²) in [6, 6.07) is -1.78. The smallest absolute Gasteiger partial charge is 0.326 e. The second kappa shape index (κ2) is 6.04. The van der Waals surface area contributed by atoms with Crippen molar-refractivity contribution < 1.29 is 14.7 Å². The van der Waals surface area contributed by atoms with Gasteiger partial charge in [0, 0.05) is 6.42 Å². The van der Waals surface area contributed by atoms with Crippen molar-refractivity contribution in [2.24, 2.45) is 11.7 Å². The SMILES string of the molecule is C#CCC(N)C(=O)N[C@@H](C(=O)O)C(C)C. The number of carboxylic acids is 1. The van der Waals surface area contributed by atoms with Gasteiger partial charge in [0.25, 0.3) is 0 Å². The van der Waals surface area contributed by atoms with E-state index in [1.54, 1.807) is 13.8 Å². The van der Waals surface area contributed by atoms with E-state index in [-0.39, 0.29) is 12.3 Å². The van der Waals surface area contributed by atoms with Crippen molar-refractivity contribution >= 4 is 11.9 Å². The van der Waals surface area contributed by atoms with Crippen molar-refractivity contribution in [2.75, 3.05) is 0 Å². The van der Waals surface area contributed by atoms with Crippen molar-refractivity contribution in [1.29, 1.82) is 0 Å². The highest BCUT2D eigenvalue weighted by atomic mass is 16.4. The number of carboxylic acid groups (broad SMARTS) is 1. The Morgan fingerprint density at radius 3 is 2.40 bits per heavy atom. The van der Waals surface area contributed by atoms with Crippen molar-refractivity contribution in [2.45, 2.75) is 32.4 Å². The summed E-state index contributed by atoms with van der Waals surface area (Å²) >= 11 is 0. The third-order valence-electron chi connectivity index (χ3n) is 1.91. The largest absolute Gasteiger partial charge is 0.480 e. The van der Waals surface area contributed by atoms with E-state index in [0.717, 1.165) is 0 Å². The van der Waals surface area contributed by atoms with Crippen LogP contribution in [0.4, 0.5) is 0 Å². The molecule has 0 radical (unpaired) electrons. The fraction of sp³-hybridized carbons (Fsp3) is 0.600. The molecule has 0 rings (SSSR count). The summed E-state index contributed by atoms with van der Waals surface area (Å²) in [6.45, 7) is 3.40. The molecular weight excluding hydrogens is 196 g/mol. The van der Waals surface area contributed by atoms with E-state index in [4.69, 9.17) is 17.3 Å². The highest BCUT2D eigenvalue weighted by molar-refractivity contribution is 5.87. The van der Waals surface area contributed by atoms with Crippen molar-refractivity contribution in [3.8, 4) is 12.3 Å². The highest BCUT2D eigenvalue weighted by Crippen LogP contribution is 2.02. The Bertz CT molecular complexity index is 281. The zero-order valence-electron chi connectivity index (χ0n) is 8.86. The van der Waals surface area contributed by atoms with Crippen LogP contribution in [0.3, 0.4) is 0 Å². The van der Waals surface area contributed by atoms with Crippen LogP contribution in [0.25, 0.3) is 0 Å². The fourth-order valence-electron chi connectivity index (χ4n) is 0.994. The average molecular weight is 212 g/mol. The van der Waals surface area contributed by atoms with Gasteiger partial charge >= 0.3 is 5.97 Å². The van der Waals surface area contributed by atoms with Crippen LogP contribution in [-0.2, 0) is 9.59 Å². The molecule has 0 bridgehead atoms. The predicted octanol–water partition coefficient (Wildman–Crippen LogP) is -0.438. The zero-order chi connectivity index (χ0) is 12.0. The summed E-state index contributed by atoms with van der Waals surface area (Å²) < 4.78 is 0. The van der Waals surface area contributed by atoms with Crippen LogP contribution < -0.4 is 11.1 Å². The minimum Gasteiger partial charge on any atom is -0.480 e. The van der Waals surface area contributed by atoms with Gasteiger partial charge < -0.3 is 16.2 Å². The predicted molar refractivity (Wildman–Crippen MR) is 55.8 cm³/mol. The topological polar surface area (TPSA) is 92.4 Å². The van der Waals surface area contributed by atoms with Gasteiger partial charge in [-0.25, -0.2) is 4.79 Å². The van der Waals surface area contributed by atoms with Crippen LogP contribution in [0.15, 0.2) is 0 Å². The maximum absolute atomic E-state index is 11.4. The number of nitrogens with one attached hydrogen (secondary N) is 1. The zero-order valence-corrected chi connectivity index (χ0v) is 8.86. The molecule has 0 heterocycles. The van der Waals surface area contributed by atoms with E-state index in [1.165, 1.54) is 0 Å². The first-order valence-electron chi connectivity index (χ1n) is 4.62. The summed E-state index contributed by atoms with van der Waals surface area (Å²) in [5, 5.41) is 11.1. The van der Waals surface area contributed by atoms with Crippen LogP contribution in [0, 0.1) is 18.3 Å². The number of hydrogen-bond donors (Lipinski definition) is 3. The monoisotopic (exact) mass is 212 g/mol. The third kappa shape index (κ3) is 4.47. The van der Waals surface area contributed by atoms with Crippen LogP contribution in [0.2, 0.25) is 0 Å². The second-order valence-corrected chi connectivity index (χ2v) is 3.58. The molecule has 0 aliphatic rings. The fourth-order valence-corrected chi connectivity index (χ4v) is 0.994. The Labute approximate surface area is 89.0 Å². The Hall–Kier alpha value is -1.54. The van der Waals surface area contributed by atoms with E-state index in [9.17, 15) is 9.59 Å². The van der Waals surface area contributed by atoms with Crippen molar-refractivity contribution in [1.82, 2.24) is 5.32 Å². The lowest BCUT2D eigenvalue weighted by atomic mass is 10.0. The Morgan fingerprint density at radius 1 is 1.53 bits per heavy atom. The number of carbonyl (C=O) groups is 2. The molecule has 0 saturated carbocycles. The third-order valence-corrected chi connectivity index (χ3v) is 1.91. The maximum Gasteiger partial charge on any atom is 0.326 e. The van der Waals surface area contributed by atoms with Crippen LogP contribution in [-0.4, -0.2) is 29.1 Å². The lowest BCUT2D eigenvalue weighted by Crippen LogP contribution is -2.50. The molecule has 84 valence electrons. The number of rotatable bonds is 5. The van der Waals surface area contributed by atoms with Gasteiger partial charge in [0.15, 0.2) is 0 Å². The number of amides is 1. The van der Waals surface area contributed by atoms with Gasteiger partial charge in [-0.15, -0.1) is 12.3 Å². The van der Waals surface area contributed by atoms with Crippen LogP contribution in [0.1, 0.15) is 20.3 Å². The number of aliphatic carboxylic acids is 1. The number of carbonyl (C=O) groups excluding carboxylic acids is 1. The first-order chi connectivity index (χ1) is 6.90. The number of terminal acetylenes is 1. The van der Waals surface area contributed by atoms with Gasteiger partial charge in [-0.2, -0.15) is 0 Å². The van der Waals surface area contributed by atoms with E-state index in [1.807, 2.05) is 0 Å². The van der Waals surface area contributed by atoms with E-state index >= 15 is 0 Å². The number of hydrogen-bond acceptors (Lipinski definition) is 3. The summed E-state index contributed by atoms with van der Waals surface area (Å²) in [5.41, 5.74) is 5.43. The molecule has 0 aliphatic carbocycles. The molecule has 0 saturated heterocycles. The quantitative estimate of drug-likeness (QED) is 0.539. The second-order valence-electron chi connectivity index (χ2n) is 3.58. The molecule has 5 heteroatoms. The molecule has 0 aromatic heterocycles. The van der Waals surface area contributed by atoms with Gasteiger partial charge in [0.2, 0.25) is 5.91 Å². The Kier molecular flexibility index (Phi) is 5.42. The van der Waals surface area contributed by atoms with Gasteiger partial charge in [0.1, 0.15) is 6.04 Å². The first-order valence-corrected chi connectivity index (χ1v) is 4.62. The molecule has 4 N–H and O–H groups in total. The number of nitrogens with two attached hydrogens (primary N) is 1. The lowest BCUT2D eigenvalue weighted by Gasteiger charge is -2.19. The summed E-state index contributed by atoms with van der Waals surface area (Å²) in [4.78, 5) is 22.1. The van der Waals surface area contributed by atoms with Crippen LogP contribution >= 0.6 is 0 Å². The van der Waals surface area contributed by atoms with Crippen LogP contribution in [0.5, 0.6) is 0 Å². The van der Waals surface area contributed by atoms with Crippen molar-refractivity contribution in [3.63, 3.8) is 0 Å². The normalized spacial score (nSPS) is 14.1. The molecule has 5 nitrogen and oxygen atoms in total. The average Bonchev–Trinajstić information content (AvgIpc) is 2.12. The van der Waals surface area contributed by atoms with Gasteiger partial charge in [-0.1, -0.05) is 13.8 Å². The molecule has 15 heavy (non-hydrogen) atoms.